The van der Waals surface area contributed by atoms with Gasteiger partial charge in [0.1, 0.15) is 17.1 Å². The zero-order chi connectivity index (χ0) is 19.8. The molecular weight excluding hydrogens is 363 g/mol. The summed E-state index contributed by atoms with van der Waals surface area (Å²) in [6.45, 7) is -1.48. The molecule has 0 bridgehead atoms. The van der Waals surface area contributed by atoms with E-state index in [2.05, 4.69) is 4.74 Å². The van der Waals surface area contributed by atoms with Gasteiger partial charge in [-0.15, -0.1) is 0 Å². The van der Waals surface area contributed by atoms with Crippen LogP contribution in [0.1, 0.15) is 22.8 Å². The number of para-hydroxylation sites is 1. The summed E-state index contributed by atoms with van der Waals surface area (Å²) >= 11 is 0. The molecular formula is C19H18F3NO4. The molecule has 2 rings (SSSR count). The largest absolute Gasteiger partial charge is 0.452 e. The van der Waals surface area contributed by atoms with Crippen molar-refractivity contribution in [3.63, 3.8) is 0 Å². The Balaban J connectivity index is 1.98. The number of carbonyl (C=O) groups is 2. The molecule has 1 amide bonds. The molecule has 5 nitrogen and oxygen atoms in total. The minimum atomic E-state index is -3.09. The summed E-state index contributed by atoms with van der Waals surface area (Å²) in [5, 5.41) is 0. The molecule has 27 heavy (non-hydrogen) atoms. The number of hydrogen-bond acceptors (Lipinski definition) is 4. The molecule has 8 heteroatoms. The molecule has 0 N–H and O–H groups in total. The Kier molecular flexibility index (Phi) is 7.22. The van der Waals surface area contributed by atoms with Crippen LogP contribution in [-0.4, -0.2) is 36.5 Å². The van der Waals surface area contributed by atoms with Gasteiger partial charge in [-0.1, -0.05) is 24.3 Å². The van der Waals surface area contributed by atoms with Crippen LogP contribution in [-0.2, 0) is 16.1 Å². The van der Waals surface area contributed by atoms with Gasteiger partial charge in [0.05, 0.1) is 0 Å². The Morgan fingerprint density at radius 3 is 2.52 bits per heavy atom. The van der Waals surface area contributed by atoms with Gasteiger partial charge in [0.15, 0.2) is 6.61 Å². The van der Waals surface area contributed by atoms with Crippen LogP contribution in [0.4, 0.5) is 13.2 Å². The zero-order valence-electron chi connectivity index (χ0n) is 14.5. The molecule has 0 fully saturated rings. The molecule has 0 aliphatic heterocycles. The van der Waals surface area contributed by atoms with E-state index in [1.807, 2.05) is 0 Å². The van der Waals surface area contributed by atoms with Crippen molar-refractivity contribution >= 4 is 11.9 Å². The summed E-state index contributed by atoms with van der Waals surface area (Å²) in [4.78, 5) is 25.7. The number of ether oxygens (including phenoxy) is 2. The maximum absolute atomic E-state index is 13.3. The molecule has 144 valence electrons. The number of halogens is 3. The number of esters is 1. The van der Waals surface area contributed by atoms with Gasteiger partial charge < -0.3 is 14.4 Å². The number of benzene rings is 2. The normalized spacial score (nSPS) is 10.6. The minimum absolute atomic E-state index is 0.149. The van der Waals surface area contributed by atoms with E-state index in [0.29, 0.717) is 12.1 Å². The van der Waals surface area contributed by atoms with Gasteiger partial charge in [-0.2, -0.15) is 8.78 Å². The van der Waals surface area contributed by atoms with Crippen molar-refractivity contribution in [1.29, 1.82) is 0 Å². The van der Waals surface area contributed by atoms with Crippen LogP contribution >= 0.6 is 0 Å². The molecule has 0 heterocycles. The van der Waals surface area contributed by atoms with Crippen LogP contribution < -0.4 is 4.74 Å². The second-order valence-electron chi connectivity index (χ2n) is 5.49. The molecule has 0 aliphatic rings. The molecule has 2 aromatic carbocycles. The number of carbonyl (C=O) groups excluding carboxylic acids is 2. The topological polar surface area (TPSA) is 55.8 Å². The van der Waals surface area contributed by atoms with Crippen LogP contribution in [0, 0.1) is 5.82 Å². The maximum Gasteiger partial charge on any atom is 0.387 e. The molecule has 0 saturated carbocycles. The Labute approximate surface area is 154 Å². The highest BCUT2D eigenvalue weighted by atomic mass is 19.3. The van der Waals surface area contributed by atoms with Crippen LogP contribution in [0.5, 0.6) is 5.75 Å². The zero-order valence-corrected chi connectivity index (χ0v) is 14.5. The van der Waals surface area contributed by atoms with Gasteiger partial charge in [0.2, 0.25) is 0 Å². The second kappa shape index (κ2) is 9.61. The van der Waals surface area contributed by atoms with E-state index in [0.717, 1.165) is 0 Å². The first kappa shape index (κ1) is 20.3. The molecule has 0 saturated heterocycles. The lowest BCUT2D eigenvalue weighted by Crippen LogP contribution is -2.34. The van der Waals surface area contributed by atoms with E-state index in [-0.39, 0.29) is 17.9 Å². The van der Waals surface area contributed by atoms with Crippen LogP contribution in [0.25, 0.3) is 0 Å². The van der Waals surface area contributed by atoms with E-state index < -0.39 is 30.9 Å². The molecule has 0 aromatic heterocycles. The van der Waals surface area contributed by atoms with Gasteiger partial charge >= 0.3 is 12.6 Å². The Morgan fingerprint density at radius 2 is 1.85 bits per heavy atom. The van der Waals surface area contributed by atoms with Crippen molar-refractivity contribution in [3.8, 4) is 5.75 Å². The number of rotatable bonds is 8. The molecule has 0 unspecified atom stereocenters. The van der Waals surface area contributed by atoms with Crippen molar-refractivity contribution in [2.24, 2.45) is 0 Å². The maximum atomic E-state index is 13.3. The number of alkyl halides is 2. The van der Waals surface area contributed by atoms with Crippen molar-refractivity contribution in [1.82, 2.24) is 4.90 Å². The Bertz CT molecular complexity index is 798. The highest BCUT2D eigenvalue weighted by Gasteiger charge is 2.19. The predicted molar refractivity (Wildman–Crippen MR) is 90.8 cm³/mol. The predicted octanol–water partition coefficient (Wildman–Crippen LogP) is 3.63. The third-order valence-electron chi connectivity index (χ3n) is 3.65. The molecule has 2 aromatic rings. The average molecular weight is 381 g/mol. The van der Waals surface area contributed by atoms with Crippen LogP contribution in [0.15, 0.2) is 48.5 Å². The fourth-order valence-electron chi connectivity index (χ4n) is 2.36. The third kappa shape index (κ3) is 6.02. The quantitative estimate of drug-likeness (QED) is 0.656. The fraction of sp³-hybridized carbons (Fsp3) is 0.263. The number of likely N-dealkylation sites (N-methyl/N-ethyl adjacent to an activating group) is 1. The first-order valence-corrected chi connectivity index (χ1v) is 8.14. The summed E-state index contributed by atoms with van der Waals surface area (Å²) in [5.74, 6) is -2.21. The first-order chi connectivity index (χ1) is 12.9. The standard InChI is InChI=1S/C19H18F3NO4/c1-2-23(11-13-6-5-7-14(20)10-13)17(24)12-26-18(25)15-8-3-4-9-16(15)27-19(21)22/h3-10,19H,2,11-12H2,1H3. The van der Waals surface area contributed by atoms with Crippen molar-refractivity contribution in [2.75, 3.05) is 13.2 Å². The molecule has 0 spiro atoms. The monoisotopic (exact) mass is 381 g/mol. The lowest BCUT2D eigenvalue weighted by Gasteiger charge is -2.21. The second-order valence-corrected chi connectivity index (χ2v) is 5.49. The van der Waals surface area contributed by atoms with Gasteiger partial charge in [-0.05, 0) is 36.8 Å². The van der Waals surface area contributed by atoms with E-state index in [1.165, 1.54) is 47.4 Å². The summed E-state index contributed by atoms with van der Waals surface area (Å²) in [6, 6.07) is 11.1. The minimum Gasteiger partial charge on any atom is -0.452 e. The highest BCUT2D eigenvalue weighted by molar-refractivity contribution is 5.94. The van der Waals surface area contributed by atoms with Crippen LogP contribution in [0.3, 0.4) is 0 Å². The summed E-state index contributed by atoms with van der Waals surface area (Å²) in [5.41, 5.74) is 0.381. The summed E-state index contributed by atoms with van der Waals surface area (Å²) in [6.07, 6.45) is 0. The van der Waals surface area contributed by atoms with Crippen LogP contribution in [0.2, 0.25) is 0 Å². The number of amides is 1. The molecule has 0 radical (unpaired) electrons. The molecule has 0 aliphatic carbocycles. The Morgan fingerprint density at radius 1 is 1.11 bits per heavy atom. The summed E-state index contributed by atoms with van der Waals surface area (Å²) in [7, 11) is 0. The van der Waals surface area contributed by atoms with Gasteiger partial charge in [-0.3, -0.25) is 4.79 Å². The summed E-state index contributed by atoms with van der Waals surface area (Å²) < 4.78 is 47.3. The van der Waals surface area contributed by atoms with E-state index in [1.54, 1.807) is 13.0 Å². The fourth-order valence-corrected chi connectivity index (χ4v) is 2.36. The number of hydrogen-bond donors (Lipinski definition) is 0. The van der Waals surface area contributed by atoms with E-state index in [4.69, 9.17) is 4.74 Å². The lowest BCUT2D eigenvalue weighted by molar-refractivity contribution is -0.135. The highest BCUT2D eigenvalue weighted by Crippen LogP contribution is 2.21. The molecule has 0 atom stereocenters. The van der Waals surface area contributed by atoms with Gasteiger partial charge in [0, 0.05) is 13.1 Å². The first-order valence-electron chi connectivity index (χ1n) is 8.14. The van der Waals surface area contributed by atoms with Gasteiger partial charge in [-0.25, -0.2) is 9.18 Å². The number of nitrogens with zero attached hydrogens (tertiary/aromatic N) is 1. The van der Waals surface area contributed by atoms with Crippen molar-refractivity contribution in [3.05, 3.63) is 65.5 Å². The average Bonchev–Trinajstić information content (AvgIpc) is 2.64. The van der Waals surface area contributed by atoms with Crippen molar-refractivity contribution < 1.29 is 32.2 Å². The van der Waals surface area contributed by atoms with E-state index >= 15 is 0 Å². The third-order valence-corrected chi connectivity index (χ3v) is 3.65. The smallest absolute Gasteiger partial charge is 0.387 e. The lowest BCUT2D eigenvalue weighted by atomic mass is 10.2. The Hall–Kier alpha value is -3.03. The SMILES string of the molecule is CCN(Cc1cccc(F)c1)C(=O)COC(=O)c1ccccc1OC(F)F. The van der Waals surface area contributed by atoms with Gasteiger partial charge in [0.25, 0.3) is 5.91 Å². The van der Waals surface area contributed by atoms with Crippen molar-refractivity contribution in [2.45, 2.75) is 20.1 Å². The van der Waals surface area contributed by atoms with E-state index in [9.17, 15) is 22.8 Å².